The van der Waals surface area contributed by atoms with Crippen molar-refractivity contribution in [1.29, 1.82) is 0 Å². The van der Waals surface area contributed by atoms with E-state index >= 15 is 0 Å². The third kappa shape index (κ3) is 3.62. The number of aliphatic hydroxyl groups is 1. The van der Waals surface area contributed by atoms with Gasteiger partial charge in [-0.3, -0.25) is 4.79 Å². The van der Waals surface area contributed by atoms with E-state index in [0.717, 1.165) is 42.3 Å². The van der Waals surface area contributed by atoms with Crippen LogP contribution in [0.4, 0.5) is 0 Å². The molecule has 4 rings (SSSR count). The van der Waals surface area contributed by atoms with E-state index in [-0.39, 0.29) is 5.78 Å². The molecule has 0 saturated heterocycles. The third-order valence-corrected chi connectivity index (χ3v) is 10.9. The lowest BCUT2D eigenvalue weighted by atomic mass is 9.44. The highest BCUT2D eigenvalue weighted by Gasteiger charge is 2.60. The molecule has 0 amide bonds. The first kappa shape index (κ1) is 22.2. The molecular weight excluding hydrogens is 368 g/mol. The van der Waals surface area contributed by atoms with Crippen molar-refractivity contribution in [3.63, 3.8) is 0 Å². The predicted octanol–water partition coefficient (Wildman–Crippen LogP) is 7.64. The molecule has 0 aromatic rings. The molecule has 4 saturated carbocycles. The van der Waals surface area contributed by atoms with E-state index < -0.39 is 0 Å². The van der Waals surface area contributed by atoms with Crippen molar-refractivity contribution < 1.29 is 9.90 Å². The lowest BCUT2D eigenvalue weighted by Gasteiger charge is -2.61. The van der Waals surface area contributed by atoms with E-state index in [2.05, 4.69) is 26.5 Å². The van der Waals surface area contributed by atoms with E-state index in [4.69, 9.17) is 5.11 Å². The van der Waals surface area contributed by atoms with Crippen molar-refractivity contribution in [2.75, 3.05) is 0 Å². The molecule has 0 aromatic heterocycles. The number of aliphatic hydroxyl groups excluding tert-OH is 1. The van der Waals surface area contributed by atoms with Gasteiger partial charge in [-0.1, -0.05) is 39.3 Å². The van der Waals surface area contributed by atoms with Crippen LogP contribution >= 0.6 is 0 Å². The molecule has 4 aliphatic rings. The standard InChI is InChI=1S/C28H44O2/c1-19(8-13-26(30)20(2)15-18-29)23-11-12-24-22-10-9-21-7-5-6-16-27(21,3)25(22)14-17-28(23,24)4/h18-19,21-25,29H,5-14,16-17H2,1-4H3/t15?,19-,21?,22+,23-,24+,25+,27+,28-/m1/s1. The van der Waals surface area contributed by atoms with Crippen molar-refractivity contribution >= 4 is 5.78 Å². The molecule has 0 heterocycles. The van der Waals surface area contributed by atoms with E-state index in [1.165, 1.54) is 64.2 Å². The Morgan fingerprint density at radius 1 is 1.03 bits per heavy atom. The van der Waals surface area contributed by atoms with Gasteiger partial charge in [0, 0.05) is 12.0 Å². The maximum absolute atomic E-state index is 12.3. The van der Waals surface area contributed by atoms with Crippen LogP contribution in [-0.2, 0) is 4.79 Å². The summed E-state index contributed by atoms with van der Waals surface area (Å²) in [5.41, 5.74) is 4.31. The molecule has 1 unspecified atom stereocenters. The van der Waals surface area contributed by atoms with Crippen molar-refractivity contribution in [2.24, 2.45) is 46.3 Å². The van der Waals surface area contributed by atoms with Crippen LogP contribution in [-0.4, -0.2) is 10.9 Å². The van der Waals surface area contributed by atoms with Crippen LogP contribution in [0.1, 0.15) is 105 Å². The van der Waals surface area contributed by atoms with Gasteiger partial charge in [-0.15, -0.1) is 0 Å². The average Bonchev–Trinajstić information content (AvgIpc) is 3.08. The second kappa shape index (κ2) is 8.50. The second-order valence-corrected chi connectivity index (χ2v) is 12.0. The fraction of sp³-hybridized carbons (Fsp3) is 0.857. The Balaban J connectivity index is 1.45. The van der Waals surface area contributed by atoms with E-state index in [9.17, 15) is 4.79 Å². The number of hydrogen-bond donors (Lipinski definition) is 1. The van der Waals surface area contributed by atoms with Crippen LogP contribution < -0.4 is 0 Å². The smallest absolute Gasteiger partial charge is 0.166 e. The molecule has 2 heteroatoms. The number of carbonyl (C=O) groups excluding carboxylic acids is 1. The van der Waals surface area contributed by atoms with Gasteiger partial charge in [0.2, 0.25) is 0 Å². The zero-order chi connectivity index (χ0) is 21.5. The number of allylic oxidation sites excluding steroid dienone is 1. The van der Waals surface area contributed by atoms with Crippen molar-refractivity contribution in [3.05, 3.63) is 17.6 Å². The summed E-state index contributed by atoms with van der Waals surface area (Å²) in [6.45, 7) is 9.46. The maximum Gasteiger partial charge on any atom is 0.166 e. The molecule has 8 atom stereocenters. The minimum absolute atomic E-state index is 0.138. The Hall–Kier alpha value is -1.01. The van der Waals surface area contributed by atoms with E-state index in [1.807, 2.05) is 0 Å². The van der Waals surface area contributed by atoms with Gasteiger partial charge in [0.1, 0.15) is 6.26 Å². The maximum atomic E-state index is 12.3. The lowest BCUT2D eigenvalue weighted by molar-refractivity contribution is -0.118. The highest BCUT2D eigenvalue weighted by atomic mass is 16.2. The van der Waals surface area contributed by atoms with Gasteiger partial charge in [-0.2, -0.15) is 0 Å². The van der Waals surface area contributed by atoms with Gasteiger partial charge in [0.15, 0.2) is 5.78 Å². The fourth-order valence-electron chi connectivity index (χ4n) is 9.20. The average molecular weight is 413 g/mol. The SMILES string of the molecule is CC(=C=CO)C(=O)CC[C@@H](C)[C@H]1CC[C@H]2[C@@H]3CCC4CCCC[C@]4(C)[C@H]3CC[C@]12C. The van der Waals surface area contributed by atoms with Gasteiger partial charge in [-0.25, -0.2) is 0 Å². The van der Waals surface area contributed by atoms with Crippen LogP contribution in [0.2, 0.25) is 0 Å². The molecule has 0 radical (unpaired) electrons. The van der Waals surface area contributed by atoms with Gasteiger partial charge in [0.05, 0.1) is 0 Å². The number of Topliss-reactive ketones (excluding diaryl/α,β-unsaturated/α-hetero) is 1. The molecule has 0 spiro atoms. The second-order valence-electron chi connectivity index (χ2n) is 12.0. The first-order chi connectivity index (χ1) is 14.3. The Labute approximate surface area is 184 Å². The van der Waals surface area contributed by atoms with Gasteiger partial charge in [0.25, 0.3) is 0 Å². The summed E-state index contributed by atoms with van der Waals surface area (Å²) in [6.07, 6.45) is 17.0. The molecular formula is C28H44O2. The van der Waals surface area contributed by atoms with Crippen LogP contribution in [0.15, 0.2) is 17.6 Å². The Bertz CT molecular complexity index is 716. The molecule has 4 fully saturated rings. The minimum atomic E-state index is 0.138. The summed E-state index contributed by atoms with van der Waals surface area (Å²) in [4.78, 5) is 12.3. The summed E-state index contributed by atoms with van der Waals surface area (Å²) in [5.74, 6) is 5.37. The zero-order valence-electron chi connectivity index (χ0n) is 19.9. The Morgan fingerprint density at radius 2 is 1.80 bits per heavy atom. The molecule has 4 aliphatic carbocycles. The van der Waals surface area contributed by atoms with Crippen LogP contribution in [0.25, 0.3) is 0 Å². The molecule has 0 aromatic carbocycles. The lowest BCUT2D eigenvalue weighted by Crippen LogP contribution is -2.53. The summed E-state index contributed by atoms with van der Waals surface area (Å²) in [5, 5.41) is 8.87. The Morgan fingerprint density at radius 3 is 2.57 bits per heavy atom. The van der Waals surface area contributed by atoms with Crippen molar-refractivity contribution in [3.8, 4) is 0 Å². The highest BCUT2D eigenvalue weighted by molar-refractivity contribution is 5.94. The molecule has 168 valence electrons. The molecule has 2 nitrogen and oxygen atoms in total. The number of hydrogen-bond acceptors (Lipinski definition) is 2. The highest BCUT2D eigenvalue weighted by Crippen LogP contribution is 2.68. The van der Waals surface area contributed by atoms with E-state index in [0.29, 0.717) is 28.7 Å². The first-order valence-electron chi connectivity index (χ1n) is 12.9. The van der Waals surface area contributed by atoms with Crippen LogP contribution in [0, 0.1) is 46.3 Å². The van der Waals surface area contributed by atoms with Gasteiger partial charge < -0.3 is 5.11 Å². The van der Waals surface area contributed by atoms with Crippen LogP contribution in [0.5, 0.6) is 0 Å². The molecule has 0 aliphatic heterocycles. The monoisotopic (exact) mass is 412 g/mol. The number of ketones is 1. The summed E-state index contributed by atoms with van der Waals surface area (Å²) >= 11 is 0. The predicted molar refractivity (Wildman–Crippen MR) is 123 cm³/mol. The summed E-state index contributed by atoms with van der Waals surface area (Å²) < 4.78 is 0. The van der Waals surface area contributed by atoms with E-state index in [1.54, 1.807) is 6.92 Å². The van der Waals surface area contributed by atoms with Crippen molar-refractivity contribution in [2.45, 2.75) is 105 Å². The fourth-order valence-corrected chi connectivity index (χ4v) is 9.20. The minimum Gasteiger partial charge on any atom is -0.507 e. The van der Waals surface area contributed by atoms with Crippen LogP contribution in [0.3, 0.4) is 0 Å². The largest absolute Gasteiger partial charge is 0.507 e. The van der Waals surface area contributed by atoms with Gasteiger partial charge >= 0.3 is 0 Å². The molecule has 30 heavy (non-hydrogen) atoms. The van der Waals surface area contributed by atoms with Gasteiger partial charge in [-0.05, 0) is 111 Å². The zero-order valence-corrected chi connectivity index (χ0v) is 19.9. The first-order valence-corrected chi connectivity index (χ1v) is 12.9. The molecule has 1 N–H and O–H groups in total. The number of rotatable bonds is 5. The summed E-state index contributed by atoms with van der Waals surface area (Å²) in [7, 11) is 0. The summed E-state index contributed by atoms with van der Waals surface area (Å²) in [6, 6.07) is 0. The third-order valence-electron chi connectivity index (χ3n) is 10.9. The van der Waals surface area contributed by atoms with Crippen molar-refractivity contribution in [1.82, 2.24) is 0 Å². The Kier molecular flexibility index (Phi) is 6.28. The number of fused-ring (bicyclic) bond motifs is 5. The quantitative estimate of drug-likeness (QED) is 0.286. The molecule has 0 bridgehead atoms. The normalized spacial score (nSPS) is 43.5. The topological polar surface area (TPSA) is 37.3 Å². The number of carbonyl (C=O) groups is 1.